The van der Waals surface area contributed by atoms with Gasteiger partial charge in [0.2, 0.25) is 0 Å². The van der Waals surface area contributed by atoms with Gasteiger partial charge in [-0.15, -0.1) is 0 Å². The van der Waals surface area contributed by atoms with E-state index in [1.54, 1.807) is 45.5 Å². The monoisotopic (exact) mass is 486 g/mol. The Balaban J connectivity index is 2.01. The summed E-state index contributed by atoms with van der Waals surface area (Å²) >= 11 is 12.9. The maximum absolute atomic E-state index is 13.2. The maximum Gasteiger partial charge on any atom is 0.416 e. The number of rotatable bonds is 4. The van der Waals surface area contributed by atoms with Crippen molar-refractivity contribution < 1.29 is 22.7 Å². The minimum atomic E-state index is -4.43. The van der Waals surface area contributed by atoms with Gasteiger partial charge in [0.1, 0.15) is 10.8 Å². The van der Waals surface area contributed by atoms with E-state index in [4.69, 9.17) is 27.9 Å². The van der Waals surface area contributed by atoms with Crippen molar-refractivity contribution in [2.24, 2.45) is 7.05 Å². The van der Waals surface area contributed by atoms with Crippen molar-refractivity contribution in [3.63, 3.8) is 0 Å². The number of carbonyl (C=O) groups excluding carboxylic acids is 1. The molecule has 0 radical (unpaired) electrons. The van der Waals surface area contributed by atoms with E-state index in [1.807, 2.05) is 0 Å². The second-order valence-corrected chi connectivity index (χ2v) is 9.49. The molecule has 0 saturated heterocycles. The normalized spacial score (nSPS) is 12.4. The number of pyridine rings is 1. The first kappa shape index (κ1) is 24.4. The number of hydrogen-bond acceptors (Lipinski definition) is 3. The van der Waals surface area contributed by atoms with Crippen LogP contribution in [0.3, 0.4) is 0 Å². The van der Waals surface area contributed by atoms with Crippen molar-refractivity contribution in [3.8, 4) is 0 Å². The van der Waals surface area contributed by atoms with Gasteiger partial charge in [-0.3, -0.25) is 4.79 Å². The smallest absolute Gasteiger partial charge is 0.416 e. The van der Waals surface area contributed by atoms with Gasteiger partial charge in [0.15, 0.2) is 0 Å². The highest BCUT2D eigenvalue weighted by atomic mass is 35.5. The molecule has 0 aliphatic heterocycles. The molecular weight excluding hydrogens is 464 g/mol. The number of aromatic nitrogens is 2. The summed E-state index contributed by atoms with van der Waals surface area (Å²) in [6.07, 6.45) is -1.07. The summed E-state index contributed by atoms with van der Waals surface area (Å²) < 4.78 is 46.7. The van der Waals surface area contributed by atoms with E-state index in [0.717, 1.165) is 17.7 Å². The molecule has 0 aliphatic carbocycles. The molecule has 0 amide bonds. The Bertz CT molecular complexity index is 1190. The van der Waals surface area contributed by atoms with E-state index in [1.165, 1.54) is 6.20 Å². The lowest BCUT2D eigenvalue weighted by molar-refractivity contribution is -0.153. The number of hydrogen-bond donors (Lipinski definition) is 0. The van der Waals surface area contributed by atoms with E-state index in [9.17, 15) is 18.0 Å². The molecule has 1 aromatic carbocycles. The summed E-state index contributed by atoms with van der Waals surface area (Å²) in [6, 6.07) is 2.26. The summed E-state index contributed by atoms with van der Waals surface area (Å²) in [4.78, 5) is 16.4. The third-order valence-electron chi connectivity index (χ3n) is 4.94. The summed E-state index contributed by atoms with van der Waals surface area (Å²) in [7, 11) is 1.69. The minimum Gasteiger partial charge on any atom is -0.460 e. The molecule has 0 N–H and O–H groups in total. The standard InChI is InChI=1S/C23H23Cl2F3N2O2/c1-12-6-15(23(26,27)28)9-17-19(12)14(11-30(17)5)7-16-20(24)13(10-29-21(16)25)8-18(31)32-22(2,3)4/h6,9-11H,7-8H2,1-5H3. The number of benzene rings is 1. The summed E-state index contributed by atoms with van der Waals surface area (Å²) in [5.41, 5.74) is 1.34. The number of alkyl halides is 3. The van der Waals surface area contributed by atoms with E-state index in [2.05, 4.69) is 4.98 Å². The van der Waals surface area contributed by atoms with E-state index in [-0.39, 0.29) is 23.0 Å². The van der Waals surface area contributed by atoms with Crippen LogP contribution >= 0.6 is 23.2 Å². The van der Waals surface area contributed by atoms with Crippen LogP contribution < -0.4 is 0 Å². The third-order valence-corrected chi connectivity index (χ3v) is 5.74. The molecule has 32 heavy (non-hydrogen) atoms. The molecule has 3 rings (SSSR count). The molecule has 0 aliphatic rings. The number of esters is 1. The van der Waals surface area contributed by atoms with Crippen LogP contribution in [0.5, 0.6) is 0 Å². The Kier molecular flexibility index (Phi) is 6.55. The van der Waals surface area contributed by atoms with Crippen LogP contribution in [0.1, 0.15) is 48.6 Å². The lowest BCUT2D eigenvalue weighted by atomic mass is 9.99. The van der Waals surface area contributed by atoms with Gasteiger partial charge in [0.05, 0.1) is 17.0 Å². The Labute approximate surface area is 194 Å². The molecule has 0 fully saturated rings. The fourth-order valence-corrected chi connectivity index (χ4v) is 4.21. The van der Waals surface area contributed by atoms with Crippen LogP contribution in [-0.4, -0.2) is 21.1 Å². The third kappa shape index (κ3) is 5.21. The molecule has 4 nitrogen and oxygen atoms in total. The zero-order valence-electron chi connectivity index (χ0n) is 18.3. The van der Waals surface area contributed by atoms with Crippen molar-refractivity contribution in [1.29, 1.82) is 0 Å². The maximum atomic E-state index is 13.2. The van der Waals surface area contributed by atoms with Gasteiger partial charge in [-0.1, -0.05) is 23.2 Å². The first-order valence-electron chi connectivity index (χ1n) is 9.86. The quantitative estimate of drug-likeness (QED) is 0.305. The van der Waals surface area contributed by atoms with E-state index < -0.39 is 23.3 Å². The summed E-state index contributed by atoms with van der Waals surface area (Å²) in [5, 5.41) is 1.16. The van der Waals surface area contributed by atoms with Crippen LogP contribution in [0.15, 0.2) is 24.5 Å². The number of ether oxygens (including phenoxy) is 1. The SMILES string of the molecule is Cc1cc(C(F)(F)F)cc2c1c(Cc1c(Cl)ncc(CC(=O)OC(C)(C)C)c1Cl)cn2C. The molecule has 0 atom stereocenters. The summed E-state index contributed by atoms with van der Waals surface area (Å²) in [5.74, 6) is -0.449. The van der Waals surface area contributed by atoms with Crippen LogP contribution in [-0.2, 0) is 35.6 Å². The van der Waals surface area contributed by atoms with Crippen LogP contribution in [0.2, 0.25) is 10.2 Å². The lowest BCUT2D eigenvalue weighted by Crippen LogP contribution is -2.25. The molecule has 9 heteroatoms. The number of fused-ring (bicyclic) bond motifs is 1. The van der Waals surface area contributed by atoms with Crippen molar-refractivity contribution in [3.05, 3.63) is 62.5 Å². The highest BCUT2D eigenvalue weighted by Crippen LogP contribution is 2.37. The van der Waals surface area contributed by atoms with Gasteiger partial charge >= 0.3 is 12.1 Å². The van der Waals surface area contributed by atoms with Gasteiger partial charge in [0.25, 0.3) is 0 Å². The average Bonchev–Trinajstić information content (AvgIpc) is 2.95. The molecule has 3 aromatic rings. The van der Waals surface area contributed by atoms with Crippen LogP contribution in [0.25, 0.3) is 10.9 Å². The zero-order valence-corrected chi connectivity index (χ0v) is 19.8. The fraction of sp³-hybridized carbons (Fsp3) is 0.391. The van der Waals surface area contributed by atoms with Crippen molar-refractivity contribution in [2.75, 3.05) is 0 Å². The lowest BCUT2D eigenvalue weighted by Gasteiger charge is -2.20. The first-order valence-corrected chi connectivity index (χ1v) is 10.6. The second kappa shape index (κ2) is 8.60. The van der Waals surface area contributed by atoms with Crippen molar-refractivity contribution in [1.82, 2.24) is 9.55 Å². The van der Waals surface area contributed by atoms with Gasteiger partial charge < -0.3 is 9.30 Å². The van der Waals surface area contributed by atoms with Crippen molar-refractivity contribution >= 4 is 40.1 Å². The topological polar surface area (TPSA) is 44.1 Å². The Morgan fingerprint density at radius 2 is 1.81 bits per heavy atom. The van der Waals surface area contributed by atoms with Gasteiger partial charge in [-0.2, -0.15) is 13.2 Å². The highest BCUT2D eigenvalue weighted by molar-refractivity contribution is 6.36. The zero-order chi connectivity index (χ0) is 24.0. The number of carbonyl (C=O) groups is 1. The molecule has 2 aromatic heterocycles. The molecule has 172 valence electrons. The molecular formula is C23H23Cl2F3N2O2. The second-order valence-electron chi connectivity index (χ2n) is 8.76. The first-order chi connectivity index (χ1) is 14.7. The Morgan fingerprint density at radius 3 is 2.41 bits per heavy atom. The number of nitrogens with zero attached hydrogens (tertiary/aromatic N) is 2. The molecule has 0 unspecified atom stereocenters. The molecule has 2 heterocycles. The highest BCUT2D eigenvalue weighted by Gasteiger charge is 2.32. The number of halogens is 5. The van der Waals surface area contributed by atoms with Gasteiger partial charge in [0, 0.05) is 47.9 Å². The van der Waals surface area contributed by atoms with Crippen LogP contribution in [0.4, 0.5) is 13.2 Å². The Morgan fingerprint density at radius 1 is 1.16 bits per heavy atom. The van der Waals surface area contributed by atoms with E-state index >= 15 is 0 Å². The fourth-order valence-electron chi connectivity index (χ4n) is 3.68. The minimum absolute atomic E-state index is 0.0726. The van der Waals surface area contributed by atoms with Gasteiger partial charge in [-0.05, 0) is 51.0 Å². The molecule has 0 spiro atoms. The van der Waals surface area contributed by atoms with E-state index in [0.29, 0.717) is 27.6 Å². The van der Waals surface area contributed by atoms with Crippen molar-refractivity contribution in [2.45, 2.75) is 52.3 Å². The average molecular weight is 487 g/mol. The van der Waals surface area contributed by atoms with Gasteiger partial charge in [-0.25, -0.2) is 4.98 Å². The predicted octanol–water partition coefficient (Wildman–Crippen LogP) is 6.68. The molecule has 0 saturated carbocycles. The number of aryl methyl sites for hydroxylation is 2. The van der Waals surface area contributed by atoms with Crippen LogP contribution in [0, 0.1) is 6.92 Å². The molecule has 0 bridgehead atoms. The largest absolute Gasteiger partial charge is 0.460 e. The Hall–Kier alpha value is -2.25. The predicted molar refractivity (Wildman–Crippen MR) is 119 cm³/mol. The summed E-state index contributed by atoms with van der Waals surface area (Å²) in [6.45, 7) is 6.95.